The zero-order chi connectivity index (χ0) is 19.0. The maximum atomic E-state index is 5.82. The molecule has 28 heavy (non-hydrogen) atoms. The van der Waals surface area contributed by atoms with E-state index in [4.69, 9.17) is 9.47 Å². The maximum Gasteiger partial charge on any atom is 0.119 e. The van der Waals surface area contributed by atoms with Crippen LogP contribution in [0.2, 0.25) is 0 Å². The summed E-state index contributed by atoms with van der Waals surface area (Å²) in [4.78, 5) is 8.02. The second-order valence-corrected chi connectivity index (χ2v) is 6.34. The van der Waals surface area contributed by atoms with E-state index in [2.05, 4.69) is 34.2 Å². The van der Waals surface area contributed by atoms with Crippen LogP contribution in [0.4, 0.5) is 0 Å². The molecule has 2 aromatic carbocycles. The Kier molecular flexibility index (Phi) is 5.59. The van der Waals surface area contributed by atoms with Crippen LogP contribution >= 0.6 is 0 Å². The summed E-state index contributed by atoms with van der Waals surface area (Å²) in [5.41, 5.74) is 4.47. The number of nitrogens with zero attached hydrogens (tertiary/aromatic N) is 2. The van der Waals surface area contributed by atoms with E-state index in [0.717, 1.165) is 33.8 Å². The Morgan fingerprint density at radius 1 is 0.464 bits per heavy atom. The van der Waals surface area contributed by atoms with Gasteiger partial charge in [0.2, 0.25) is 0 Å². The number of ether oxygens (including phenoxy) is 2. The van der Waals surface area contributed by atoms with Gasteiger partial charge in [-0.2, -0.15) is 0 Å². The molecule has 0 saturated heterocycles. The Balaban J connectivity index is 1.34. The van der Waals surface area contributed by atoms with E-state index in [9.17, 15) is 0 Å². The monoisotopic (exact) mass is 368 g/mol. The molecule has 2 aromatic heterocycles. The van der Waals surface area contributed by atoms with Gasteiger partial charge in [-0.3, -0.25) is 9.97 Å². The molecular weight excluding hydrogens is 348 g/mol. The highest BCUT2D eigenvalue weighted by molar-refractivity contribution is 5.64. The molecule has 0 bridgehead atoms. The second-order valence-electron chi connectivity index (χ2n) is 6.34. The van der Waals surface area contributed by atoms with Gasteiger partial charge in [-0.25, -0.2) is 0 Å². The first-order chi connectivity index (χ1) is 13.9. The largest absolute Gasteiger partial charge is 0.489 e. The normalized spacial score (nSPS) is 10.4. The van der Waals surface area contributed by atoms with E-state index in [1.54, 1.807) is 24.8 Å². The van der Waals surface area contributed by atoms with Crippen molar-refractivity contribution in [2.24, 2.45) is 0 Å². The molecular formula is C24H20N2O2. The van der Waals surface area contributed by atoms with Gasteiger partial charge in [-0.1, -0.05) is 24.3 Å². The highest BCUT2D eigenvalue weighted by Gasteiger charge is 2.01. The van der Waals surface area contributed by atoms with Crippen LogP contribution in [0.15, 0.2) is 97.6 Å². The van der Waals surface area contributed by atoms with E-state index in [1.165, 1.54) is 0 Å². The standard InChI is InChI=1S/C24H20N2O2/c1-5-23(27-17-19-9-13-25-14-10-19)6-2-21(1)22-3-7-24(8-4-22)28-18-20-11-15-26-16-12-20/h1-16H,17-18H2. The lowest BCUT2D eigenvalue weighted by atomic mass is 10.1. The quantitative estimate of drug-likeness (QED) is 0.444. The van der Waals surface area contributed by atoms with Gasteiger partial charge in [0.15, 0.2) is 0 Å². The topological polar surface area (TPSA) is 44.2 Å². The zero-order valence-electron chi connectivity index (χ0n) is 15.4. The fourth-order valence-electron chi connectivity index (χ4n) is 2.78. The summed E-state index contributed by atoms with van der Waals surface area (Å²) in [6.45, 7) is 1.07. The third-order valence-corrected chi connectivity index (χ3v) is 4.35. The third kappa shape index (κ3) is 4.74. The van der Waals surface area contributed by atoms with Crippen molar-refractivity contribution in [1.29, 1.82) is 0 Å². The van der Waals surface area contributed by atoms with Gasteiger partial charge in [0.1, 0.15) is 24.7 Å². The van der Waals surface area contributed by atoms with Gasteiger partial charge in [0.05, 0.1) is 0 Å². The molecule has 0 N–H and O–H groups in total. The van der Waals surface area contributed by atoms with Crippen LogP contribution in [0.1, 0.15) is 11.1 Å². The lowest BCUT2D eigenvalue weighted by Gasteiger charge is -2.09. The van der Waals surface area contributed by atoms with E-state index in [-0.39, 0.29) is 0 Å². The molecule has 4 rings (SSSR count). The molecule has 0 unspecified atom stereocenters. The Hall–Kier alpha value is -3.66. The minimum atomic E-state index is 0.533. The average Bonchev–Trinajstić information content (AvgIpc) is 2.78. The van der Waals surface area contributed by atoms with Crippen LogP contribution in [0, 0.1) is 0 Å². The molecule has 0 aliphatic heterocycles. The fourth-order valence-corrected chi connectivity index (χ4v) is 2.78. The Labute approximate surface area is 164 Å². The van der Waals surface area contributed by atoms with Crippen LogP contribution in [-0.2, 0) is 13.2 Å². The Morgan fingerprint density at radius 2 is 0.821 bits per heavy atom. The Bertz CT molecular complexity index is 901. The molecule has 0 radical (unpaired) electrons. The summed E-state index contributed by atoms with van der Waals surface area (Å²) in [5.74, 6) is 1.69. The van der Waals surface area contributed by atoms with E-state index in [0.29, 0.717) is 13.2 Å². The number of hydrogen-bond acceptors (Lipinski definition) is 4. The Morgan fingerprint density at radius 3 is 1.18 bits per heavy atom. The third-order valence-electron chi connectivity index (χ3n) is 4.35. The van der Waals surface area contributed by atoms with Crippen LogP contribution in [0.25, 0.3) is 11.1 Å². The van der Waals surface area contributed by atoms with Crippen molar-refractivity contribution in [2.75, 3.05) is 0 Å². The van der Waals surface area contributed by atoms with E-state index in [1.807, 2.05) is 48.5 Å². The smallest absolute Gasteiger partial charge is 0.119 e. The van der Waals surface area contributed by atoms with Gasteiger partial charge >= 0.3 is 0 Å². The fraction of sp³-hybridized carbons (Fsp3) is 0.0833. The molecule has 2 heterocycles. The number of rotatable bonds is 7. The van der Waals surface area contributed by atoms with Crippen molar-refractivity contribution in [1.82, 2.24) is 9.97 Å². The summed E-state index contributed by atoms with van der Waals surface area (Å²) >= 11 is 0. The minimum Gasteiger partial charge on any atom is -0.489 e. The van der Waals surface area contributed by atoms with Crippen LogP contribution in [0.5, 0.6) is 11.5 Å². The van der Waals surface area contributed by atoms with Gasteiger partial charge < -0.3 is 9.47 Å². The zero-order valence-corrected chi connectivity index (χ0v) is 15.4. The maximum absolute atomic E-state index is 5.82. The molecule has 0 atom stereocenters. The molecule has 0 fully saturated rings. The highest BCUT2D eigenvalue weighted by Crippen LogP contribution is 2.25. The van der Waals surface area contributed by atoms with Crippen molar-refractivity contribution >= 4 is 0 Å². The van der Waals surface area contributed by atoms with Crippen molar-refractivity contribution < 1.29 is 9.47 Å². The molecule has 4 heteroatoms. The number of pyridine rings is 2. The minimum absolute atomic E-state index is 0.533. The van der Waals surface area contributed by atoms with Crippen molar-refractivity contribution in [3.05, 3.63) is 109 Å². The van der Waals surface area contributed by atoms with Gasteiger partial charge in [0, 0.05) is 24.8 Å². The molecule has 0 saturated carbocycles. The van der Waals surface area contributed by atoms with Crippen LogP contribution in [-0.4, -0.2) is 9.97 Å². The first kappa shape index (κ1) is 17.7. The summed E-state index contributed by atoms with van der Waals surface area (Å²) in [5, 5.41) is 0. The molecule has 0 spiro atoms. The predicted molar refractivity (Wildman–Crippen MR) is 109 cm³/mol. The number of hydrogen-bond donors (Lipinski definition) is 0. The van der Waals surface area contributed by atoms with Crippen LogP contribution in [0.3, 0.4) is 0 Å². The first-order valence-electron chi connectivity index (χ1n) is 9.11. The van der Waals surface area contributed by atoms with E-state index >= 15 is 0 Å². The molecule has 0 aliphatic rings. The number of aromatic nitrogens is 2. The first-order valence-corrected chi connectivity index (χ1v) is 9.11. The molecule has 138 valence electrons. The van der Waals surface area contributed by atoms with Crippen LogP contribution < -0.4 is 9.47 Å². The summed E-state index contributed by atoms with van der Waals surface area (Å²) in [6, 6.07) is 24.0. The van der Waals surface area contributed by atoms with Gasteiger partial charge in [0.25, 0.3) is 0 Å². The summed E-state index contributed by atoms with van der Waals surface area (Å²) < 4.78 is 11.6. The lowest BCUT2D eigenvalue weighted by molar-refractivity contribution is 0.306. The SMILES string of the molecule is c1cc(COc2ccc(-c3ccc(OCc4ccncc4)cc3)cc2)ccn1. The van der Waals surface area contributed by atoms with Gasteiger partial charge in [-0.05, 0) is 70.8 Å². The molecule has 4 aromatic rings. The average molecular weight is 368 g/mol. The number of benzene rings is 2. The summed E-state index contributed by atoms with van der Waals surface area (Å²) in [6.07, 6.45) is 7.08. The van der Waals surface area contributed by atoms with E-state index < -0.39 is 0 Å². The van der Waals surface area contributed by atoms with Gasteiger partial charge in [-0.15, -0.1) is 0 Å². The molecule has 0 aliphatic carbocycles. The molecule has 4 nitrogen and oxygen atoms in total. The van der Waals surface area contributed by atoms with Crippen molar-refractivity contribution in [3.8, 4) is 22.6 Å². The van der Waals surface area contributed by atoms with Crippen molar-refractivity contribution in [3.63, 3.8) is 0 Å². The highest BCUT2D eigenvalue weighted by atomic mass is 16.5. The lowest BCUT2D eigenvalue weighted by Crippen LogP contribution is -1.95. The predicted octanol–water partition coefficient (Wildman–Crippen LogP) is 5.30. The van der Waals surface area contributed by atoms with Crippen molar-refractivity contribution in [2.45, 2.75) is 13.2 Å². The molecule has 0 amide bonds. The summed E-state index contributed by atoms with van der Waals surface area (Å²) in [7, 11) is 0. The second kappa shape index (κ2) is 8.82.